The van der Waals surface area contributed by atoms with Gasteiger partial charge in [0.15, 0.2) is 23.9 Å². The highest BCUT2D eigenvalue weighted by Crippen LogP contribution is 2.40. The average molecular weight is 433 g/mol. The van der Waals surface area contributed by atoms with Crippen LogP contribution in [0, 0.1) is 12.3 Å². The van der Waals surface area contributed by atoms with Crippen LogP contribution < -0.4 is 14.8 Å². The molecule has 3 aromatic rings. The Labute approximate surface area is 188 Å². The van der Waals surface area contributed by atoms with E-state index in [0.717, 1.165) is 35.2 Å². The first-order valence-electron chi connectivity index (χ1n) is 10.7. The summed E-state index contributed by atoms with van der Waals surface area (Å²) in [6.45, 7) is 6.26. The van der Waals surface area contributed by atoms with Gasteiger partial charge in [-0.15, -0.1) is 0 Å². The van der Waals surface area contributed by atoms with Gasteiger partial charge in [0, 0.05) is 29.7 Å². The molecule has 1 unspecified atom stereocenters. The molecule has 166 valence electrons. The van der Waals surface area contributed by atoms with Crippen LogP contribution in [-0.4, -0.2) is 34.6 Å². The number of amides is 1. The fourth-order valence-electron chi connectivity index (χ4n) is 4.09. The number of aromatic nitrogens is 3. The van der Waals surface area contributed by atoms with Crippen LogP contribution in [0.3, 0.4) is 0 Å². The summed E-state index contributed by atoms with van der Waals surface area (Å²) in [5.74, 6) is 1.63. The highest BCUT2D eigenvalue weighted by atomic mass is 16.5. The van der Waals surface area contributed by atoms with Gasteiger partial charge >= 0.3 is 0 Å². The molecule has 1 aromatic carbocycles. The second kappa shape index (κ2) is 8.94. The molecule has 7 heteroatoms. The van der Waals surface area contributed by atoms with Gasteiger partial charge in [0.2, 0.25) is 0 Å². The second-order valence-corrected chi connectivity index (χ2v) is 8.94. The second-order valence-electron chi connectivity index (χ2n) is 8.94. The zero-order chi connectivity index (χ0) is 22.7. The van der Waals surface area contributed by atoms with Gasteiger partial charge in [-0.2, -0.15) is 0 Å². The predicted molar refractivity (Wildman–Crippen MR) is 121 cm³/mol. The lowest BCUT2D eigenvalue weighted by Crippen LogP contribution is -2.39. The summed E-state index contributed by atoms with van der Waals surface area (Å²) in [6, 6.07) is 9.24. The van der Waals surface area contributed by atoms with Crippen molar-refractivity contribution in [3.8, 4) is 22.9 Å². The number of hydrogen-bond acceptors (Lipinski definition) is 6. The minimum atomic E-state index is -0.195. The van der Waals surface area contributed by atoms with Crippen LogP contribution in [0.15, 0.2) is 48.9 Å². The highest BCUT2D eigenvalue weighted by Gasteiger charge is 2.34. The number of benzene rings is 1. The molecule has 0 saturated carbocycles. The number of hydrogen-bond donors (Lipinski definition) is 1. The zero-order valence-corrected chi connectivity index (χ0v) is 18.9. The summed E-state index contributed by atoms with van der Waals surface area (Å²) >= 11 is 0. The van der Waals surface area contributed by atoms with Crippen LogP contribution in [0.25, 0.3) is 11.4 Å². The largest absolute Gasteiger partial charge is 0.493 e. The lowest BCUT2D eigenvalue weighted by Gasteiger charge is -2.36. The molecular weight excluding hydrogens is 404 g/mol. The lowest BCUT2D eigenvalue weighted by atomic mass is 9.74. The van der Waals surface area contributed by atoms with E-state index in [0.29, 0.717) is 17.3 Å². The van der Waals surface area contributed by atoms with Gasteiger partial charge in [-0.05, 0) is 55.0 Å². The maximum absolute atomic E-state index is 12.7. The molecule has 32 heavy (non-hydrogen) atoms. The quantitative estimate of drug-likeness (QED) is 0.632. The third kappa shape index (κ3) is 4.88. The Morgan fingerprint density at radius 3 is 2.72 bits per heavy atom. The molecule has 0 spiro atoms. The fraction of sp³-hybridized carbons (Fsp3) is 0.360. The third-order valence-corrected chi connectivity index (χ3v) is 5.63. The van der Waals surface area contributed by atoms with Gasteiger partial charge in [0.05, 0.1) is 18.8 Å². The Morgan fingerprint density at radius 1 is 1.19 bits per heavy atom. The molecule has 0 bridgehead atoms. The molecule has 0 fully saturated rings. The van der Waals surface area contributed by atoms with Crippen molar-refractivity contribution in [1.29, 1.82) is 0 Å². The van der Waals surface area contributed by atoms with Crippen LogP contribution in [0.2, 0.25) is 0 Å². The smallest absolute Gasteiger partial charge is 0.258 e. The van der Waals surface area contributed by atoms with Crippen molar-refractivity contribution in [3.63, 3.8) is 0 Å². The normalized spacial score (nSPS) is 16.7. The van der Waals surface area contributed by atoms with Crippen molar-refractivity contribution < 1.29 is 14.3 Å². The number of methoxy groups -OCH3 is 1. The first kappa shape index (κ1) is 21.7. The topological polar surface area (TPSA) is 86.2 Å². The molecule has 7 nitrogen and oxygen atoms in total. The van der Waals surface area contributed by atoms with E-state index in [4.69, 9.17) is 14.5 Å². The zero-order valence-electron chi connectivity index (χ0n) is 18.9. The van der Waals surface area contributed by atoms with Crippen molar-refractivity contribution in [2.45, 2.75) is 39.7 Å². The van der Waals surface area contributed by atoms with E-state index in [1.807, 2.05) is 43.5 Å². The van der Waals surface area contributed by atoms with Crippen LogP contribution in [0.1, 0.15) is 43.1 Å². The number of pyridine rings is 1. The van der Waals surface area contributed by atoms with Gasteiger partial charge in [-0.25, -0.2) is 9.97 Å². The summed E-state index contributed by atoms with van der Waals surface area (Å²) in [5.41, 5.74) is 3.91. The Kier molecular flexibility index (Phi) is 6.08. The number of nitrogens with one attached hydrogen (secondary N) is 1. The third-order valence-electron chi connectivity index (χ3n) is 5.63. The minimum absolute atomic E-state index is 0.00412. The van der Waals surface area contributed by atoms with Crippen molar-refractivity contribution in [1.82, 2.24) is 20.3 Å². The Hall–Kier alpha value is -3.48. The Morgan fingerprint density at radius 2 is 1.97 bits per heavy atom. The van der Waals surface area contributed by atoms with E-state index in [1.54, 1.807) is 19.5 Å². The van der Waals surface area contributed by atoms with Gasteiger partial charge in [-0.3, -0.25) is 9.78 Å². The van der Waals surface area contributed by atoms with E-state index >= 15 is 0 Å². The van der Waals surface area contributed by atoms with E-state index in [9.17, 15) is 4.79 Å². The fourth-order valence-corrected chi connectivity index (χ4v) is 4.09. The van der Waals surface area contributed by atoms with Crippen molar-refractivity contribution >= 4 is 5.91 Å². The number of nitrogens with zero attached hydrogens (tertiary/aromatic N) is 3. The maximum atomic E-state index is 12.7. The van der Waals surface area contributed by atoms with E-state index in [-0.39, 0.29) is 24.0 Å². The van der Waals surface area contributed by atoms with Crippen LogP contribution in [-0.2, 0) is 11.2 Å². The molecule has 1 N–H and O–H groups in total. The summed E-state index contributed by atoms with van der Waals surface area (Å²) in [7, 11) is 1.59. The summed E-state index contributed by atoms with van der Waals surface area (Å²) in [6.07, 6.45) is 6.92. The van der Waals surface area contributed by atoms with Crippen LogP contribution in [0.4, 0.5) is 0 Å². The SMILES string of the molecule is COc1cc(C)ccc1OCC(=O)NC1CC(C)(C)Cc2nc(-c3ccncc3)ncc21. The Bertz CT molecular complexity index is 1120. The molecule has 1 atom stereocenters. The monoisotopic (exact) mass is 432 g/mol. The van der Waals surface area contributed by atoms with Crippen molar-refractivity contribution in [2.75, 3.05) is 13.7 Å². The van der Waals surface area contributed by atoms with Crippen LogP contribution >= 0.6 is 0 Å². The van der Waals surface area contributed by atoms with Crippen molar-refractivity contribution in [3.05, 3.63) is 65.7 Å². The number of aryl methyl sites for hydroxylation is 1. The summed E-state index contributed by atoms with van der Waals surface area (Å²) in [4.78, 5) is 26.2. The van der Waals surface area contributed by atoms with Gasteiger partial charge in [0.25, 0.3) is 5.91 Å². The Balaban J connectivity index is 1.50. The van der Waals surface area contributed by atoms with E-state index < -0.39 is 0 Å². The highest BCUT2D eigenvalue weighted by molar-refractivity contribution is 5.78. The molecule has 1 aliphatic carbocycles. The van der Waals surface area contributed by atoms with Crippen LogP contribution in [0.5, 0.6) is 11.5 Å². The molecular formula is C25H28N4O3. The number of rotatable bonds is 6. The van der Waals surface area contributed by atoms with Crippen molar-refractivity contribution in [2.24, 2.45) is 5.41 Å². The maximum Gasteiger partial charge on any atom is 0.258 e. The summed E-state index contributed by atoms with van der Waals surface area (Å²) in [5, 5.41) is 3.11. The molecule has 1 amide bonds. The van der Waals surface area contributed by atoms with E-state index in [2.05, 4.69) is 29.1 Å². The van der Waals surface area contributed by atoms with Gasteiger partial charge in [-0.1, -0.05) is 19.9 Å². The standard InChI is InChI=1S/C25H28N4O3/c1-16-5-6-21(22(11-16)31-4)32-15-23(30)28-19-12-25(2,3)13-20-18(19)14-27-24(29-20)17-7-9-26-10-8-17/h5-11,14,19H,12-13,15H2,1-4H3,(H,28,30). The summed E-state index contributed by atoms with van der Waals surface area (Å²) < 4.78 is 11.1. The number of carbonyl (C=O) groups excluding carboxylic acids is 1. The molecule has 2 aromatic heterocycles. The molecule has 0 aliphatic heterocycles. The number of carbonyl (C=O) groups is 1. The molecule has 0 saturated heterocycles. The predicted octanol–water partition coefficient (Wildman–Crippen LogP) is 4.06. The molecule has 1 aliphatic rings. The molecule has 0 radical (unpaired) electrons. The van der Waals surface area contributed by atoms with Gasteiger partial charge < -0.3 is 14.8 Å². The first-order chi connectivity index (χ1) is 15.3. The minimum Gasteiger partial charge on any atom is -0.493 e. The first-order valence-corrected chi connectivity index (χ1v) is 10.7. The molecule has 2 heterocycles. The van der Waals surface area contributed by atoms with E-state index in [1.165, 1.54) is 0 Å². The lowest BCUT2D eigenvalue weighted by molar-refractivity contribution is -0.124. The van der Waals surface area contributed by atoms with Gasteiger partial charge in [0.1, 0.15) is 0 Å². The average Bonchev–Trinajstić information content (AvgIpc) is 2.77. The molecule has 4 rings (SSSR count). The number of ether oxygens (including phenoxy) is 2. The number of fused-ring (bicyclic) bond motifs is 1.